The van der Waals surface area contributed by atoms with E-state index in [-0.39, 0.29) is 18.2 Å². The largest absolute Gasteiger partial charge is 0.435 e. The third-order valence-electron chi connectivity index (χ3n) is 9.17. The number of esters is 1. The van der Waals surface area contributed by atoms with E-state index < -0.39 is 35.9 Å². The van der Waals surface area contributed by atoms with E-state index in [9.17, 15) is 14.4 Å². The smallest absolute Gasteiger partial charge is 0.340 e. The summed E-state index contributed by atoms with van der Waals surface area (Å²) in [5.74, 6) is -2.84. The van der Waals surface area contributed by atoms with Gasteiger partial charge < -0.3 is 14.8 Å². The number of carbonyl (C=O) groups is 1. The minimum atomic E-state index is -1.58. The number of nitriles is 1. The van der Waals surface area contributed by atoms with Gasteiger partial charge >= 0.3 is 5.97 Å². The first-order chi connectivity index (χ1) is 24.3. The topological polar surface area (TPSA) is 118 Å². The van der Waals surface area contributed by atoms with Gasteiger partial charge in [0.25, 0.3) is 0 Å². The summed E-state index contributed by atoms with van der Waals surface area (Å²) in [6, 6.07) is 20.1. The van der Waals surface area contributed by atoms with E-state index in [0.717, 1.165) is 55.9 Å². The lowest BCUT2D eigenvalue weighted by Gasteiger charge is -2.38. The Balaban J connectivity index is 1.27. The molecule has 3 aromatic carbocycles. The van der Waals surface area contributed by atoms with Gasteiger partial charge in [-0.2, -0.15) is 10.4 Å². The maximum Gasteiger partial charge on any atom is 0.340 e. The molecule has 1 saturated heterocycles. The van der Waals surface area contributed by atoms with Gasteiger partial charge in [-0.05, 0) is 42.3 Å². The highest BCUT2D eigenvalue weighted by atomic mass is 32.1. The van der Waals surface area contributed by atoms with E-state index in [1.54, 1.807) is 36.4 Å². The molecule has 1 aliphatic heterocycles. The highest BCUT2D eigenvalue weighted by Gasteiger charge is 2.45. The maximum atomic E-state index is 15.8. The van der Waals surface area contributed by atoms with Crippen LogP contribution in [0.3, 0.4) is 0 Å². The Labute approximate surface area is 293 Å². The van der Waals surface area contributed by atoms with Crippen LogP contribution in [0.2, 0.25) is 0 Å². The highest BCUT2D eigenvalue weighted by molar-refractivity contribution is 7.10. The predicted molar refractivity (Wildman–Crippen MR) is 184 cm³/mol. The van der Waals surface area contributed by atoms with Crippen molar-refractivity contribution >= 4 is 17.3 Å². The van der Waals surface area contributed by atoms with Crippen LogP contribution >= 0.6 is 11.3 Å². The zero-order valence-electron chi connectivity index (χ0n) is 27.8. The number of ether oxygens (including phenoxy) is 2. The maximum absolute atomic E-state index is 15.8. The number of rotatable bonds is 13. The molecule has 1 aliphatic rings. The van der Waals surface area contributed by atoms with Crippen LogP contribution in [0.1, 0.15) is 64.3 Å². The standard InChI is InChI=1S/C37H37F2N7O3S/c1-3-34(45-16-14-41-15-17-45)28-8-10-29(11-9-28)36(47)48-24-49-37(21-46-23-42-22-43-46,31-13-12-30(38)18-32(31)39)25(2)35-44-33(20-50-35)27-6-4-26(19-40)5-7-27/h4-13,18,20,22-23,25,34,41H,3,14-17,21,24H2,1-2H3/t25-,34?,37+/m0/s1. The molecule has 0 radical (unpaired) electrons. The third kappa shape index (κ3) is 7.64. The molecule has 6 rings (SSSR count). The molecule has 13 heteroatoms. The first kappa shape index (κ1) is 35.0. The van der Waals surface area contributed by atoms with E-state index in [0.29, 0.717) is 21.8 Å². The number of aromatic nitrogens is 4. The number of halogens is 2. The molecule has 10 nitrogen and oxygen atoms in total. The predicted octanol–water partition coefficient (Wildman–Crippen LogP) is 6.44. The molecule has 0 aliphatic carbocycles. The fourth-order valence-corrected chi connectivity index (χ4v) is 7.40. The lowest BCUT2D eigenvalue weighted by molar-refractivity contribution is -0.148. The Morgan fingerprint density at radius 1 is 1.10 bits per heavy atom. The Kier molecular flexibility index (Phi) is 11.0. The Morgan fingerprint density at radius 2 is 1.86 bits per heavy atom. The van der Waals surface area contributed by atoms with Crippen LogP contribution in [0.4, 0.5) is 8.78 Å². The van der Waals surface area contributed by atoms with Crippen molar-refractivity contribution in [3.63, 3.8) is 0 Å². The van der Waals surface area contributed by atoms with Crippen LogP contribution < -0.4 is 5.32 Å². The third-order valence-corrected chi connectivity index (χ3v) is 10.2. The van der Waals surface area contributed by atoms with E-state index in [1.165, 1.54) is 34.7 Å². The first-order valence-corrected chi connectivity index (χ1v) is 17.3. The highest BCUT2D eigenvalue weighted by Crippen LogP contribution is 2.44. The molecule has 1 unspecified atom stereocenters. The number of piperazine rings is 1. The molecule has 0 amide bonds. The summed E-state index contributed by atoms with van der Waals surface area (Å²) in [5, 5.41) is 19.3. The number of benzene rings is 3. The van der Waals surface area contributed by atoms with Crippen molar-refractivity contribution in [1.82, 2.24) is 30.0 Å². The molecule has 50 heavy (non-hydrogen) atoms. The summed E-state index contributed by atoms with van der Waals surface area (Å²) >= 11 is 1.35. The van der Waals surface area contributed by atoms with E-state index in [2.05, 4.69) is 33.3 Å². The van der Waals surface area contributed by atoms with Crippen molar-refractivity contribution in [3.05, 3.63) is 124 Å². The van der Waals surface area contributed by atoms with Gasteiger partial charge in [0.2, 0.25) is 0 Å². The summed E-state index contributed by atoms with van der Waals surface area (Å²) in [6.07, 6.45) is 3.75. The van der Waals surface area contributed by atoms with Gasteiger partial charge in [-0.25, -0.2) is 28.2 Å². The summed E-state index contributed by atoms with van der Waals surface area (Å²) in [7, 11) is 0. The lowest BCUT2D eigenvalue weighted by Crippen LogP contribution is -2.45. The van der Waals surface area contributed by atoms with Gasteiger partial charge in [-0.15, -0.1) is 11.3 Å². The van der Waals surface area contributed by atoms with Gasteiger partial charge in [0.15, 0.2) is 6.79 Å². The molecule has 3 atom stereocenters. The van der Waals surface area contributed by atoms with Crippen LogP contribution in [-0.4, -0.2) is 63.6 Å². The molecule has 1 fully saturated rings. The second-order valence-electron chi connectivity index (χ2n) is 12.1. The number of hydrogen-bond acceptors (Lipinski definition) is 10. The molecule has 0 bridgehead atoms. The molecule has 258 valence electrons. The summed E-state index contributed by atoms with van der Waals surface area (Å²) < 4.78 is 43.6. The average Bonchev–Trinajstić information content (AvgIpc) is 3.85. The number of nitrogens with one attached hydrogen (secondary N) is 1. The van der Waals surface area contributed by atoms with E-state index >= 15 is 4.39 Å². The van der Waals surface area contributed by atoms with Crippen molar-refractivity contribution < 1.29 is 23.0 Å². The first-order valence-electron chi connectivity index (χ1n) is 16.4. The molecule has 0 spiro atoms. The second kappa shape index (κ2) is 15.8. The van der Waals surface area contributed by atoms with Gasteiger partial charge in [0.05, 0.1) is 34.4 Å². The average molecular weight is 698 g/mol. The fourth-order valence-electron chi connectivity index (χ4n) is 6.44. The minimum Gasteiger partial charge on any atom is -0.435 e. The molecule has 3 heterocycles. The number of nitrogens with zero attached hydrogens (tertiary/aromatic N) is 6. The van der Waals surface area contributed by atoms with Gasteiger partial charge in [-0.3, -0.25) is 4.90 Å². The van der Waals surface area contributed by atoms with E-state index in [4.69, 9.17) is 14.5 Å². The van der Waals surface area contributed by atoms with Gasteiger partial charge in [-0.1, -0.05) is 44.2 Å². The van der Waals surface area contributed by atoms with Crippen molar-refractivity contribution in [1.29, 1.82) is 5.26 Å². The molecule has 5 aromatic rings. The van der Waals surface area contributed by atoms with E-state index in [1.807, 2.05) is 24.4 Å². The lowest BCUT2D eigenvalue weighted by atomic mass is 9.81. The molecular formula is C37H37F2N7O3S. The van der Waals surface area contributed by atoms with Crippen molar-refractivity contribution in [2.75, 3.05) is 33.0 Å². The quantitative estimate of drug-likeness (QED) is 0.110. The monoisotopic (exact) mass is 697 g/mol. The number of thiazole rings is 1. The zero-order valence-corrected chi connectivity index (χ0v) is 28.6. The molecule has 0 saturated carbocycles. The van der Waals surface area contributed by atoms with Crippen LogP contribution in [0.5, 0.6) is 0 Å². The van der Waals surface area contributed by atoms with Crippen molar-refractivity contribution in [2.45, 2.75) is 44.4 Å². The Hall–Kier alpha value is -4.87. The second-order valence-corrected chi connectivity index (χ2v) is 13.0. The summed E-state index contributed by atoms with van der Waals surface area (Å²) in [4.78, 5) is 24.6. The minimum absolute atomic E-state index is 0.0379. The number of hydrogen-bond donors (Lipinski definition) is 1. The Bertz CT molecular complexity index is 1920. The Morgan fingerprint density at radius 3 is 2.52 bits per heavy atom. The van der Waals surface area contributed by atoms with Crippen molar-refractivity contribution in [2.24, 2.45) is 0 Å². The van der Waals surface area contributed by atoms with Crippen LogP contribution in [0.15, 0.2) is 84.8 Å². The van der Waals surface area contributed by atoms with Crippen LogP contribution in [0.25, 0.3) is 11.3 Å². The summed E-state index contributed by atoms with van der Waals surface area (Å²) in [5.41, 5.74) is 1.92. The molecular weight excluding hydrogens is 661 g/mol. The summed E-state index contributed by atoms with van der Waals surface area (Å²) in [6.45, 7) is 7.19. The number of carbonyl (C=O) groups excluding carboxylic acids is 1. The van der Waals surface area contributed by atoms with Crippen LogP contribution in [0, 0.1) is 23.0 Å². The van der Waals surface area contributed by atoms with Gasteiger partial charge in [0, 0.05) is 60.7 Å². The normalized spacial score (nSPS) is 15.9. The van der Waals surface area contributed by atoms with Gasteiger partial charge in [0.1, 0.15) is 29.9 Å². The van der Waals surface area contributed by atoms with Crippen LogP contribution in [-0.2, 0) is 21.6 Å². The SMILES string of the molecule is CCC(c1ccc(C(=O)OCO[C@@](Cn2cncn2)(c2ccc(F)cc2F)[C@@H](C)c2nc(-c3ccc(C#N)cc3)cs2)cc1)N1CCNCC1. The molecule has 2 aromatic heterocycles. The molecule has 1 N–H and O–H groups in total. The zero-order chi connectivity index (χ0) is 35.1. The van der Waals surface area contributed by atoms with Crippen molar-refractivity contribution in [3.8, 4) is 17.3 Å². The fraction of sp³-hybridized carbons (Fsp3) is 0.324.